The van der Waals surface area contributed by atoms with Crippen LogP contribution in [0, 0.1) is 5.82 Å². The summed E-state index contributed by atoms with van der Waals surface area (Å²) in [5.41, 5.74) is 0.253. The van der Waals surface area contributed by atoms with Crippen LogP contribution in [-0.4, -0.2) is 29.3 Å². The molecule has 0 spiro atoms. The summed E-state index contributed by atoms with van der Waals surface area (Å²) in [5.74, 6) is -0.0785. The maximum atomic E-state index is 13.4. The zero-order valence-corrected chi connectivity index (χ0v) is 13.7. The molecule has 2 heterocycles. The minimum atomic E-state index is -0.400. The lowest BCUT2D eigenvalue weighted by atomic mass is 10.3. The van der Waals surface area contributed by atoms with Gasteiger partial charge in [-0.1, -0.05) is 17.8 Å². The molecule has 0 aliphatic rings. The van der Waals surface area contributed by atoms with E-state index in [1.807, 2.05) is 0 Å². The van der Waals surface area contributed by atoms with Crippen molar-refractivity contribution < 1.29 is 4.39 Å². The molecule has 0 radical (unpaired) electrons. The van der Waals surface area contributed by atoms with Gasteiger partial charge in [-0.25, -0.2) is 9.18 Å². The molecule has 0 bridgehead atoms. The molecule has 2 aromatic heterocycles. The number of aromatic nitrogens is 6. The molecule has 1 aromatic carbocycles. The van der Waals surface area contributed by atoms with Gasteiger partial charge in [0.15, 0.2) is 0 Å². The van der Waals surface area contributed by atoms with Crippen LogP contribution in [0.2, 0.25) is 0 Å². The van der Waals surface area contributed by atoms with E-state index in [-0.39, 0.29) is 5.56 Å². The molecule has 124 valence electrons. The zero-order chi connectivity index (χ0) is 17.3. The third kappa shape index (κ3) is 3.00. The summed E-state index contributed by atoms with van der Waals surface area (Å²) in [6.07, 6.45) is 0. The molecule has 0 amide bonds. The smallest absolute Gasteiger partial charge is 0.300 e. The first-order valence-corrected chi connectivity index (χ1v) is 7.89. The monoisotopic (exact) mass is 348 g/mol. The highest BCUT2D eigenvalue weighted by Gasteiger charge is 2.12. The first-order chi connectivity index (χ1) is 11.5. The van der Waals surface area contributed by atoms with Gasteiger partial charge in [0.25, 0.3) is 5.56 Å². The Morgan fingerprint density at radius 3 is 2.71 bits per heavy atom. The van der Waals surface area contributed by atoms with E-state index in [1.54, 1.807) is 19.2 Å². The fourth-order valence-electron chi connectivity index (χ4n) is 2.09. The average Bonchev–Trinajstić information content (AvgIpc) is 3.03. The Morgan fingerprint density at radius 2 is 1.96 bits per heavy atom. The summed E-state index contributed by atoms with van der Waals surface area (Å²) in [7, 11) is 3.01. The van der Waals surface area contributed by atoms with Gasteiger partial charge in [0.1, 0.15) is 5.82 Å². The fraction of sp³-hybridized carbons (Fsp3) is 0.214. The number of halogens is 1. The molecule has 0 unspecified atom stereocenters. The third-order valence-electron chi connectivity index (χ3n) is 3.47. The summed E-state index contributed by atoms with van der Waals surface area (Å²) < 4.78 is 17.2. The molecule has 3 rings (SSSR count). The van der Waals surface area contributed by atoms with Gasteiger partial charge in [0.05, 0.1) is 5.69 Å². The van der Waals surface area contributed by atoms with E-state index < -0.39 is 11.5 Å². The van der Waals surface area contributed by atoms with Gasteiger partial charge < -0.3 is 0 Å². The number of thioether (sulfide) groups is 1. The van der Waals surface area contributed by atoms with Crippen molar-refractivity contribution >= 4 is 11.8 Å². The Morgan fingerprint density at radius 1 is 1.17 bits per heavy atom. The second-order valence-electron chi connectivity index (χ2n) is 5.02. The summed E-state index contributed by atoms with van der Waals surface area (Å²) in [6, 6.07) is 7.28. The Bertz CT molecular complexity index is 1010. The second-order valence-corrected chi connectivity index (χ2v) is 5.96. The Labute approximate surface area is 139 Å². The molecular formula is C14H13FN6O2S. The van der Waals surface area contributed by atoms with Gasteiger partial charge in [0.2, 0.25) is 5.16 Å². The van der Waals surface area contributed by atoms with Crippen molar-refractivity contribution in [2.75, 3.05) is 0 Å². The van der Waals surface area contributed by atoms with E-state index >= 15 is 0 Å². The molecule has 0 saturated heterocycles. The molecule has 0 saturated carbocycles. The largest absolute Gasteiger partial charge is 0.330 e. The molecule has 3 aromatic rings. The summed E-state index contributed by atoms with van der Waals surface area (Å²) in [4.78, 5) is 23.7. The van der Waals surface area contributed by atoms with Gasteiger partial charge in [-0.15, -0.1) is 5.10 Å². The first-order valence-electron chi connectivity index (χ1n) is 6.90. The molecule has 0 fully saturated rings. The quantitative estimate of drug-likeness (QED) is 0.638. The lowest BCUT2D eigenvalue weighted by molar-refractivity contribution is 0.623. The minimum Gasteiger partial charge on any atom is -0.300 e. The maximum Gasteiger partial charge on any atom is 0.330 e. The third-order valence-corrected chi connectivity index (χ3v) is 4.42. The highest BCUT2D eigenvalue weighted by molar-refractivity contribution is 7.98. The minimum absolute atomic E-state index is 0.317. The standard InChI is InChI=1S/C14H13FN6O2S/c1-19-11(7-12(22)20(2)14(19)23)8-24-13-16-17-18-21(13)10-5-3-4-9(15)6-10/h3-7H,8H2,1-2H3. The van der Waals surface area contributed by atoms with E-state index in [1.165, 1.54) is 46.3 Å². The van der Waals surface area contributed by atoms with Crippen molar-refractivity contribution in [3.63, 3.8) is 0 Å². The number of hydrogen-bond acceptors (Lipinski definition) is 6. The highest BCUT2D eigenvalue weighted by Crippen LogP contribution is 2.21. The number of hydrogen-bond donors (Lipinski definition) is 0. The van der Waals surface area contributed by atoms with Crippen molar-refractivity contribution in [3.05, 3.63) is 62.7 Å². The van der Waals surface area contributed by atoms with E-state index in [4.69, 9.17) is 0 Å². The molecular weight excluding hydrogens is 335 g/mol. The van der Waals surface area contributed by atoms with Crippen molar-refractivity contribution in [2.45, 2.75) is 10.9 Å². The molecule has 0 N–H and O–H groups in total. The highest BCUT2D eigenvalue weighted by atomic mass is 32.2. The first kappa shape index (κ1) is 16.1. The molecule has 0 atom stereocenters. The van der Waals surface area contributed by atoms with Crippen LogP contribution in [0.3, 0.4) is 0 Å². The number of tetrazole rings is 1. The maximum absolute atomic E-state index is 13.4. The van der Waals surface area contributed by atoms with Crippen LogP contribution in [-0.2, 0) is 19.8 Å². The Kier molecular flexibility index (Phi) is 4.30. The van der Waals surface area contributed by atoms with Gasteiger partial charge in [-0.2, -0.15) is 4.68 Å². The van der Waals surface area contributed by atoms with Gasteiger partial charge in [-0.3, -0.25) is 13.9 Å². The van der Waals surface area contributed by atoms with Crippen LogP contribution in [0.1, 0.15) is 5.69 Å². The predicted octanol–water partition coefficient (Wildman–Crippen LogP) is 0.491. The molecule has 10 heteroatoms. The van der Waals surface area contributed by atoms with Crippen LogP contribution in [0.4, 0.5) is 4.39 Å². The average molecular weight is 348 g/mol. The lowest BCUT2D eigenvalue weighted by Gasteiger charge is -2.09. The number of benzene rings is 1. The van der Waals surface area contributed by atoms with Gasteiger partial charge in [0, 0.05) is 31.6 Å². The van der Waals surface area contributed by atoms with Crippen LogP contribution in [0.25, 0.3) is 5.69 Å². The van der Waals surface area contributed by atoms with E-state index in [0.717, 1.165) is 4.57 Å². The molecule has 0 aliphatic carbocycles. The number of nitrogens with zero attached hydrogens (tertiary/aromatic N) is 6. The van der Waals surface area contributed by atoms with Crippen molar-refractivity contribution in [3.8, 4) is 5.69 Å². The fourth-order valence-corrected chi connectivity index (χ4v) is 3.01. The van der Waals surface area contributed by atoms with Crippen molar-refractivity contribution in [1.29, 1.82) is 0 Å². The summed E-state index contributed by atoms with van der Waals surface area (Å²) in [5, 5.41) is 11.8. The summed E-state index contributed by atoms with van der Waals surface area (Å²) in [6.45, 7) is 0. The van der Waals surface area contributed by atoms with Gasteiger partial charge >= 0.3 is 5.69 Å². The van der Waals surface area contributed by atoms with Crippen LogP contribution >= 0.6 is 11.8 Å². The Balaban J connectivity index is 1.89. The molecule has 8 nitrogen and oxygen atoms in total. The van der Waals surface area contributed by atoms with E-state index in [2.05, 4.69) is 15.5 Å². The second kappa shape index (κ2) is 6.40. The molecule has 0 aliphatic heterocycles. The van der Waals surface area contributed by atoms with E-state index in [0.29, 0.717) is 22.3 Å². The number of rotatable bonds is 4. The van der Waals surface area contributed by atoms with Gasteiger partial charge in [-0.05, 0) is 28.6 Å². The van der Waals surface area contributed by atoms with Crippen molar-refractivity contribution in [1.82, 2.24) is 29.3 Å². The topological polar surface area (TPSA) is 87.6 Å². The van der Waals surface area contributed by atoms with E-state index in [9.17, 15) is 14.0 Å². The lowest BCUT2D eigenvalue weighted by Crippen LogP contribution is -2.37. The Hall–Kier alpha value is -2.75. The van der Waals surface area contributed by atoms with Crippen molar-refractivity contribution in [2.24, 2.45) is 14.1 Å². The predicted molar refractivity (Wildman–Crippen MR) is 85.6 cm³/mol. The zero-order valence-electron chi connectivity index (χ0n) is 12.9. The SMILES string of the molecule is Cn1c(CSc2nnnn2-c2cccc(F)c2)cc(=O)n(C)c1=O. The molecule has 24 heavy (non-hydrogen) atoms. The summed E-state index contributed by atoms with van der Waals surface area (Å²) >= 11 is 1.24. The van der Waals surface area contributed by atoms with Crippen LogP contribution in [0.5, 0.6) is 0 Å². The normalized spacial score (nSPS) is 11.0. The van der Waals surface area contributed by atoms with Crippen LogP contribution in [0.15, 0.2) is 45.1 Å². The van der Waals surface area contributed by atoms with Crippen LogP contribution < -0.4 is 11.2 Å².